The molecule has 4 rings (SSSR count). The van der Waals surface area contributed by atoms with Crippen LogP contribution >= 0.6 is 0 Å². The minimum absolute atomic E-state index is 0.426. The molecule has 1 amide bonds. The Kier molecular flexibility index (Phi) is 6.43. The summed E-state index contributed by atoms with van der Waals surface area (Å²) in [6.07, 6.45) is 8.97. The van der Waals surface area contributed by atoms with E-state index in [1.807, 2.05) is 48.7 Å². The van der Waals surface area contributed by atoms with Crippen LogP contribution in [0.25, 0.3) is 0 Å². The summed E-state index contributed by atoms with van der Waals surface area (Å²) < 4.78 is 11.4. The molecular formula is C24H26N4O3. The van der Waals surface area contributed by atoms with Crippen molar-refractivity contribution in [2.24, 2.45) is 5.73 Å². The van der Waals surface area contributed by atoms with E-state index in [4.69, 9.17) is 15.2 Å². The molecule has 3 heterocycles. The third kappa shape index (κ3) is 4.83. The minimum Gasteiger partial charge on any atom is -0.486 e. The van der Waals surface area contributed by atoms with Crippen LogP contribution in [-0.4, -0.2) is 35.6 Å². The fraction of sp³-hybridized carbons (Fsp3) is 0.292. The van der Waals surface area contributed by atoms with Crippen molar-refractivity contribution in [2.45, 2.75) is 24.8 Å². The van der Waals surface area contributed by atoms with E-state index in [1.54, 1.807) is 18.6 Å². The number of rotatable bonds is 9. The van der Waals surface area contributed by atoms with Crippen LogP contribution in [0.2, 0.25) is 0 Å². The van der Waals surface area contributed by atoms with Gasteiger partial charge in [0.1, 0.15) is 18.8 Å². The number of nitrogens with one attached hydrogen (secondary N) is 1. The highest BCUT2D eigenvalue weighted by molar-refractivity contribution is 5.86. The number of aromatic nitrogens is 2. The van der Waals surface area contributed by atoms with Gasteiger partial charge in [-0.15, -0.1) is 0 Å². The summed E-state index contributed by atoms with van der Waals surface area (Å²) in [5.41, 5.74) is 7.92. The van der Waals surface area contributed by atoms with Gasteiger partial charge in [0.05, 0.1) is 0 Å². The van der Waals surface area contributed by atoms with E-state index in [2.05, 4.69) is 15.3 Å². The lowest BCUT2D eigenvalue weighted by Crippen LogP contribution is -2.53. The molecule has 2 aromatic heterocycles. The molecule has 160 valence electrons. The first-order chi connectivity index (χ1) is 15.2. The Morgan fingerprint density at radius 2 is 1.77 bits per heavy atom. The van der Waals surface area contributed by atoms with Crippen LogP contribution in [-0.2, 0) is 23.2 Å². The summed E-state index contributed by atoms with van der Waals surface area (Å²) in [6, 6.07) is 13.4. The lowest BCUT2D eigenvalue weighted by Gasteiger charge is -2.33. The van der Waals surface area contributed by atoms with Gasteiger partial charge in [0.2, 0.25) is 5.91 Å². The lowest BCUT2D eigenvalue weighted by molar-refractivity contribution is -0.125. The lowest BCUT2D eigenvalue weighted by atomic mass is 9.83. The van der Waals surface area contributed by atoms with E-state index in [0.29, 0.717) is 44.1 Å². The van der Waals surface area contributed by atoms with E-state index in [0.717, 1.165) is 23.1 Å². The van der Waals surface area contributed by atoms with E-state index < -0.39 is 11.4 Å². The Bertz CT molecular complexity index is 1010. The van der Waals surface area contributed by atoms with Gasteiger partial charge in [0.15, 0.2) is 11.5 Å². The van der Waals surface area contributed by atoms with Crippen molar-refractivity contribution in [1.82, 2.24) is 15.3 Å². The maximum Gasteiger partial charge on any atom is 0.242 e. The summed E-state index contributed by atoms with van der Waals surface area (Å²) in [5, 5.41) is 3.46. The smallest absolute Gasteiger partial charge is 0.242 e. The fourth-order valence-electron chi connectivity index (χ4n) is 3.84. The van der Waals surface area contributed by atoms with Gasteiger partial charge in [0, 0.05) is 31.3 Å². The Hall–Kier alpha value is -3.45. The highest BCUT2D eigenvalue weighted by Gasteiger charge is 2.38. The zero-order chi connectivity index (χ0) is 21.5. The molecule has 3 N–H and O–H groups in total. The van der Waals surface area contributed by atoms with Gasteiger partial charge in [-0.3, -0.25) is 20.1 Å². The summed E-state index contributed by atoms with van der Waals surface area (Å²) in [4.78, 5) is 21.1. The monoisotopic (exact) mass is 418 g/mol. The Balaban J connectivity index is 1.62. The first kappa shape index (κ1) is 20.8. The van der Waals surface area contributed by atoms with Crippen molar-refractivity contribution in [3.05, 3.63) is 83.9 Å². The van der Waals surface area contributed by atoms with Crippen molar-refractivity contribution < 1.29 is 14.3 Å². The number of aryl methyl sites for hydroxylation is 1. The molecule has 1 unspecified atom stereocenters. The molecule has 1 atom stereocenters. The van der Waals surface area contributed by atoms with Crippen LogP contribution in [0, 0.1) is 0 Å². The number of primary amides is 1. The van der Waals surface area contributed by atoms with Gasteiger partial charge in [-0.05, 0) is 66.3 Å². The third-order valence-corrected chi connectivity index (χ3v) is 5.56. The fourth-order valence-corrected chi connectivity index (χ4v) is 3.84. The number of pyridine rings is 2. The van der Waals surface area contributed by atoms with Crippen molar-refractivity contribution in [1.29, 1.82) is 0 Å². The topological polar surface area (TPSA) is 99.4 Å². The number of carbonyl (C=O) groups excluding carboxylic acids is 1. The number of hydrogen-bond donors (Lipinski definition) is 2. The highest BCUT2D eigenvalue weighted by atomic mass is 16.6. The summed E-state index contributed by atoms with van der Waals surface area (Å²) >= 11 is 0. The quantitative estimate of drug-likeness (QED) is 0.554. The number of fused-ring (bicyclic) bond motifs is 1. The molecule has 0 radical (unpaired) electrons. The number of nitrogens with zero attached hydrogens (tertiary/aromatic N) is 2. The average molecular weight is 418 g/mol. The summed E-state index contributed by atoms with van der Waals surface area (Å²) in [7, 11) is 0. The molecule has 31 heavy (non-hydrogen) atoms. The van der Waals surface area contributed by atoms with E-state index >= 15 is 0 Å². The standard InChI is InChI=1S/C24H26N4O3/c25-23(29)24(9-5-18-6-11-26-12-7-18,28-13-8-19-2-1-10-27-17-19)20-3-4-21-22(16-20)31-15-14-30-21/h1-4,6-7,10-12,16-17,28H,5,8-9,13-15H2,(H2,25,29). The number of ether oxygens (including phenoxy) is 2. The van der Waals surface area contributed by atoms with E-state index in [9.17, 15) is 4.79 Å². The molecule has 0 saturated heterocycles. The highest BCUT2D eigenvalue weighted by Crippen LogP contribution is 2.36. The molecule has 0 aliphatic carbocycles. The number of amides is 1. The summed E-state index contributed by atoms with van der Waals surface area (Å²) in [5.74, 6) is 0.884. The number of benzene rings is 1. The SMILES string of the molecule is NC(=O)C(CCc1ccncc1)(NCCc1cccnc1)c1ccc2c(c1)OCCO2. The Morgan fingerprint density at radius 3 is 2.52 bits per heavy atom. The molecule has 1 aliphatic rings. The molecule has 1 aromatic carbocycles. The van der Waals surface area contributed by atoms with Crippen molar-refractivity contribution >= 4 is 5.91 Å². The average Bonchev–Trinajstić information content (AvgIpc) is 2.82. The van der Waals surface area contributed by atoms with Gasteiger partial charge < -0.3 is 15.2 Å². The normalized spacial score (nSPS) is 14.6. The molecule has 7 heteroatoms. The van der Waals surface area contributed by atoms with Crippen molar-refractivity contribution in [2.75, 3.05) is 19.8 Å². The Labute approximate surface area is 181 Å². The summed E-state index contributed by atoms with van der Waals surface area (Å²) in [6.45, 7) is 1.56. The number of nitrogens with two attached hydrogens (primary N) is 1. The second-order valence-corrected chi connectivity index (χ2v) is 7.52. The molecule has 0 saturated carbocycles. The minimum atomic E-state index is -1.05. The van der Waals surface area contributed by atoms with Crippen molar-refractivity contribution in [3.63, 3.8) is 0 Å². The predicted molar refractivity (Wildman–Crippen MR) is 117 cm³/mol. The molecule has 7 nitrogen and oxygen atoms in total. The third-order valence-electron chi connectivity index (χ3n) is 5.56. The van der Waals surface area contributed by atoms with Gasteiger partial charge in [-0.25, -0.2) is 0 Å². The van der Waals surface area contributed by atoms with Gasteiger partial charge in [-0.1, -0.05) is 12.1 Å². The largest absolute Gasteiger partial charge is 0.486 e. The maximum atomic E-state index is 12.9. The van der Waals surface area contributed by atoms with E-state index in [-0.39, 0.29) is 0 Å². The zero-order valence-corrected chi connectivity index (χ0v) is 17.3. The van der Waals surface area contributed by atoms with Gasteiger partial charge in [-0.2, -0.15) is 0 Å². The second kappa shape index (κ2) is 9.57. The van der Waals surface area contributed by atoms with Gasteiger partial charge in [0.25, 0.3) is 0 Å². The predicted octanol–water partition coefficient (Wildman–Crippen LogP) is 2.39. The molecule has 0 bridgehead atoms. The molecule has 0 spiro atoms. The molecule has 1 aliphatic heterocycles. The maximum absolute atomic E-state index is 12.9. The van der Waals surface area contributed by atoms with E-state index in [1.165, 1.54) is 0 Å². The molecular weight excluding hydrogens is 392 g/mol. The van der Waals surface area contributed by atoms with Crippen LogP contribution in [0.1, 0.15) is 23.1 Å². The molecule has 0 fully saturated rings. The van der Waals surface area contributed by atoms with Crippen LogP contribution in [0.15, 0.2) is 67.3 Å². The van der Waals surface area contributed by atoms with Crippen LogP contribution in [0.3, 0.4) is 0 Å². The van der Waals surface area contributed by atoms with Crippen molar-refractivity contribution in [3.8, 4) is 11.5 Å². The zero-order valence-electron chi connectivity index (χ0n) is 17.3. The number of carbonyl (C=O) groups is 1. The van der Waals surface area contributed by atoms with Crippen LogP contribution in [0.4, 0.5) is 0 Å². The van der Waals surface area contributed by atoms with Gasteiger partial charge >= 0.3 is 0 Å². The first-order valence-corrected chi connectivity index (χ1v) is 10.4. The number of hydrogen-bond acceptors (Lipinski definition) is 6. The molecule has 3 aromatic rings. The van der Waals surface area contributed by atoms with Crippen LogP contribution in [0.5, 0.6) is 11.5 Å². The second-order valence-electron chi connectivity index (χ2n) is 7.52. The first-order valence-electron chi connectivity index (χ1n) is 10.4. The Morgan fingerprint density at radius 1 is 0.968 bits per heavy atom. The van der Waals surface area contributed by atoms with Crippen LogP contribution < -0.4 is 20.5 Å².